The third-order valence-corrected chi connectivity index (χ3v) is 5.72. The minimum atomic E-state index is 0.339. The van der Waals surface area contributed by atoms with Gasteiger partial charge >= 0.3 is 0 Å². The molecule has 0 rings (SSSR count). The molecule has 0 saturated carbocycles. The van der Waals surface area contributed by atoms with Gasteiger partial charge in [-0.2, -0.15) is 0 Å². The molecule has 0 heterocycles. The molecule has 1 unspecified atom stereocenters. The van der Waals surface area contributed by atoms with Crippen molar-refractivity contribution in [3.05, 3.63) is 0 Å². The molecule has 0 amide bonds. The van der Waals surface area contributed by atoms with E-state index in [0.29, 0.717) is 6.04 Å². The van der Waals surface area contributed by atoms with Crippen molar-refractivity contribution in [3.8, 4) is 0 Å². The lowest BCUT2D eigenvalue weighted by Gasteiger charge is -2.09. The van der Waals surface area contributed by atoms with Crippen LogP contribution < -0.4 is 11.5 Å². The molecule has 0 bridgehead atoms. The smallest absolute Gasteiger partial charge is 0.00508 e. The molecule has 0 saturated heterocycles. The maximum Gasteiger partial charge on any atom is 0.00508 e. The highest BCUT2D eigenvalue weighted by molar-refractivity contribution is 4.61. The van der Waals surface area contributed by atoms with Crippen LogP contribution in [0.2, 0.25) is 0 Å². The van der Waals surface area contributed by atoms with Crippen LogP contribution in [0, 0.1) is 0 Å². The number of nitrogens with two attached hydrogens (primary N) is 2. The zero-order chi connectivity index (χ0) is 19.1. The molecule has 26 heavy (non-hydrogen) atoms. The van der Waals surface area contributed by atoms with Crippen molar-refractivity contribution >= 4 is 0 Å². The third kappa shape index (κ3) is 22.0. The Hall–Kier alpha value is -0.0800. The molecule has 0 fully saturated rings. The third-order valence-electron chi connectivity index (χ3n) is 5.72. The summed E-state index contributed by atoms with van der Waals surface area (Å²) >= 11 is 0. The molecule has 0 aromatic carbocycles. The highest BCUT2D eigenvalue weighted by Gasteiger charge is 2.00. The number of hydrogen-bond donors (Lipinski definition) is 2. The summed E-state index contributed by atoms with van der Waals surface area (Å²) in [6.07, 6.45) is 29.5. The number of rotatable bonds is 22. The largest absolute Gasteiger partial charge is 0.330 e. The first-order valence-corrected chi connectivity index (χ1v) is 12.3. The highest BCUT2D eigenvalue weighted by atomic mass is 14.6. The zero-order valence-electron chi connectivity index (χ0n) is 18.3. The van der Waals surface area contributed by atoms with Gasteiger partial charge in [0.2, 0.25) is 0 Å². The summed E-state index contributed by atoms with van der Waals surface area (Å²) in [5.41, 5.74) is 11.5. The monoisotopic (exact) mass is 368 g/mol. The van der Waals surface area contributed by atoms with Crippen molar-refractivity contribution < 1.29 is 0 Å². The van der Waals surface area contributed by atoms with Gasteiger partial charge < -0.3 is 11.5 Å². The summed E-state index contributed by atoms with van der Waals surface area (Å²) in [5, 5.41) is 0. The Morgan fingerprint density at radius 2 is 0.769 bits per heavy atom. The molecular formula is C24H52N2. The van der Waals surface area contributed by atoms with Gasteiger partial charge in [-0.15, -0.1) is 0 Å². The molecular weight excluding hydrogens is 316 g/mol. The molecule has 0 aliphatic rings. The van der Waals surface area contributed by atoms with Crippen LogP contribution in [0.3, 0.4) is 0 Å². The summed E-state index contributed by atoms with van der Waals surface area (Å²) in [4.78, 5) is 0. The Morgan fingerprint density at radius 1 is 0.462 bits per heavy atom. The van der Waals surface area contributed by atoms with Gasteiger partial charge in [-0.3, -0.25) is 0 Å². The van der Waals surface area contributed by atoms with Crippen LogP contribution in [-0.2, 0) is 0 Å². The van der Waals surface area contributed by atoms with Gasteiger partial charge in [-0.05, 0) is 19.4 Å². The molecule has 2 nitrogen and oxygen atoms in total. The van der Waals surface area contributed by atoms with E-state index in [2.05, 4.69) is 6.92 Å². The second-order valence-electron chi connectivity index (χ2n) is 8.49. The van der Waals surface area contributed by atoms with E-state index in [9.17, 15) is 0 Å². The van der Waals surface area contributed by atoms with Gasteiger partial charge in [0.05, 0.1) is 0 Å². The Morgan fingerprint density at radius 3 is 1.08 bits per heavy atom. The topological polar surface area (TPSA) is 52.0 Å². The summed E-state index contributed by atoms with van der Waals surface area (Å²) < 4.78 is 0. The average Bonchev–Trinajstić information content (AvgIpc) is 2.64. The fourth-order valence-corrected chi connectivity index (χ4v) is 3.84. The van der Waals surface area contributed by atoms with Gasteiger partial charge in [0, 0.05) is 6.04 Å². The fraction of sp³-hybridized carbons (Fsp3) is 1.00. The first kappa shape index (κ1) is 25.9. The lowest BCUT2D eigenvalue weighted by molar-refractivity contribution is 0.503. The average molecular weight is 369 g/mol. The molecule has 1 atom stereocenters. The van der Waals surface area contributed by atoms with Gasteiger partial charge in [0.25, 0.3) is 0 Å². The predicted octanol–water partition coefficient (Wildman–Crippen LogP) is 7.48. The maximum atomic E-state index is 5.98. The molecule has 4 N–H and O–H groups in total. The summed E-state index contributed by atoms with van der Waals surface area (Å²) in [7, 11) is 0. The summed E-state index contributed by atoms with van der Waals surface area (Å²) in [6.45, 7) is 3.03. The van der Waals surface area contributed by atoms with E-state index in [1.165, 1.54) is 122 Å². The Kier molecular flexibility index (Phi) is 22.9. The van der Waals surface area contributed by atoms with Crippen molar-refractivity contribution in [2.75, 3.05) is 6.54 Å². The van der Waals surface area contributed by atoms with E-state index in [-0.39, 0.29) is 0 Å². The van der Waals surface area contributed by atoms with Crippen molar-refractivity contribution in [2.24, 2.45) is 11.5 Å². The first-order valence-electron chi connectivity index (χ1n) is 12.3. The molecule has 0 spiro atoms. The van der Waals surface area contributed by atoms with E-state index in [1.54, 1.807) is 0 Å². The van der Waals surface area contributed by atoms with Crippen LogP contribution in [0.25, 0.3) is 0 Å². The second kappa shape index (κ2) is 23.0. The molecule has 0 aliphatic heterocycles. The molecule has 0 aliphatic carbocycles. The molecule has 0 radical (unpaired) electrons. The SMILES string of the molecule is CCCCCCCCCCCCCCCCCCCCCC(N)CCN. The Labute approximate surface area is 166 Å². The van der Waals surface area contributed by atoms with Crippen LogP contribution in [0.1, 0.15) is 142 Å². The lowest BCUT2D eigenvalue weighted by Crippen LogP contribution is -2.23. The first-order chi connectivity index (χ1) is 12.8. The van der Waals surface area contributed by atoms with Crippen LogP contribution in [0.5, 0.6) is 0 Å². The fourth-order valence-electron chi connectivity index (χ4n) is 3.84. The second-order valence-corrected chi connectivity index (χ2v) is 8.49. The predicted molar refractivity (Wildman–Crippen MR) is 120 cm³/mol. The number of unbranched alkanes of at least 4 members (excludes halogenated alkanes) is 18. The van der Waals surface area contributed by atoms with E-state index in [0.717, 1.165) is 19.4 Å². The lowest BCUT2D eigenvalue weighted by atomic mass is 10.0. The Bertz CT molecular complexity index is 242. The van der Waals surface area contributed by atoms with Crippen LogP contribution in [0.15, 0.2) is 0 Å². The van der Waals surface area contributed by atoms with Crippen LogP contribution in [-0.4, -0.2) is 12.6 Å². The van der Waals surface area contributed by atoms with Gasteiger partial charge in [0.15, 0.2) is 0 Å². The minimum Gasteiger partial charge on any atom is -0.330 e. The quantitative estimate of drug-likeness (QED) is 0.194. The van der Waals surface area contributed by atoms with Crippen molar-refractivity contribution in [1.29, 1.82) is 0 Å². The van der Waals surface area contributed by atoms with Gasteiger partial charge in [-0.25, -0.2) is 0 Å². The molecule has 0 aromatic heterocycles. The van der Waals surface area contributed by atoms with Gasteiger partial charge in [-0.1, -0.05) is 129 Å². The standard InChI is InChI=1S/C24H52N2/c1-2-3-4-5-6-7-8-9-10-11-12-13-14-15-16-17-18-19-20-21-24(26)22-23-25/h24H,2-23,25-26H2,1H3. The molecule has 158 valence electrons. The van der Waals surface area contributed by atoms with E-state index in [4.69, 9.17) is 11.5 Å². The van der Waals surface area contributed by atoms with Crippen molar-refractivity contribution in [1.82, 2.24) is 0 Å². The van der Waals surface area contributed by atoms with E-state index >= 15 is 0 Å². The van der Waals surface area contributed by atoms with Crippen LogP contribution in [0.4, 0.5) is 0 Å². The zero-order valence-corrected chi connectivity index (χ0v) is 18.3. The summed E-state index contributed by atoms with van der Waals surface area (Å²) in [6, 6.07) is 0.339. The molecule has 2 heteroatoms. The van der Waals surface area contributed by atoms with Crippen molar-refractivity contribution in [2.45, 2.75) is 148 Å². The minimum absolute atomic E-state index is 0.339. The summed E-state index contributed by atoms with van der Waals surface area (Å²) in [5.74, 6) is 0. The normalized spacial score (nSPS) is 12.6. The number of hydrogen-bond acceptors (Lipinski definition) is 2. The van der Waals surface area contributed by atoms with Crippen LogP contribution >= 0.6 is 0 Å². The van der Waals surface area contributed by atoms with E-state index in [1.807, 2.05) is 0 Å². The van der Waals surface area contributed by atoms with Crippen molar-refractivity contribution in [3.63, 3.8) is 0 Å². The highest BCUT2D eigenvalue weighted by Crippen LogP contribution is 2.15. The van der Waals surface area contributed by atoms with Gasteiger partial charge in [0.1, 0.15) is 0 Å². The Balaban J connectivity index is 3.01. The van der Waals surface area contributed by atoms with E-state index < -0.39 is 0 Å². The molecule has 0 aromatic rings. The maximum absolute atomic E-state index is 5.98.